The van der Waals surface area contributed by atoms with E-state index >= 15 is 35.1 Å². The number of alkyl halides is 1. The average molecular weight is 910 g/mol. The molecule has 0 fully saturated rings. The van der Waals surface area contributed by atoms with Crippen molar-refractivity contribution in [1.29, 1.82) is 0 Å². The predicted molar refractivity (Wildman–Crippen MR) is 169 cm³/mol. The normalized spacial score (nSPS) is 11.5. The molecular weight excluding hydrogens is 898 g/mol. The fourth-order valence-corrected chi connectivity index (χ4v) is 6.41. The van der Waals surface area contributed by atoms with Crippen molar-refractivity contribution in [1.82, 2.24) is 4.98 Å². The minimum atomic E-state index is -7.22. The fraction of sp³-hybridized carbons (Fsp3) is 0.0541. The standard InChI is InChI=1S/C24BF20.C13H12FN2O/c26-5-1(6(27)14(35)21(42)13(5)34)25(2-7(28)15(36)22(43)16(37)8(2)29,3-9(30)17(38)23(44)18(39)10(3)31)4-11(32)19(40)24(45)20(41)12(4)33;14-8-13(17)12-10-16(7-6-15-12)9-11-4-2-1-3-5-11/h;1-7,10H,8-9H2/q-1;+1. The van der Waals surface area contributed by atoms with Crippen LogP contribution in [0.25, 0.3) is 0 Å². The predicted octanol–water partition coefficient (Wildman–Crippen LogP) is 7.42. The number of benzene rings is 5. The third-order valence-corrected chi connectivity index (χ3v) is 9.08. The molecule has 326 valence electrons. The molecule has 6 rings (SSSR count). The lowest BCUT2D eigenvalue weighted by Gasteiger charge is -2.44. The highest BCUT2D eigenvalue weighted by Gasteiger charge is 2.52. The molecule has 0 bridgehead atoms. The molecule has 1 aromatic heterocycles. The summed E-state index contributed by atoms with van der Waals surface area (Å²) in [5, 5.41) is 0. The lowest BCUT2D eigenvalue weighted by Crippen LogP contribution is -2.81. The van der Waals surface area contributed by atoms with Crippen molar-refractivity contribution >= 4 is 33.8 Å². The van der Waals surface area contributed by atoms with E-state index in [1.807, 2.05) is 34.9 Å². The number of aromatic nitrogens is 2. The van der Waals surface area contributed by atoms with E-state index < -0.39 is 157 Å². The summed E-state index contributed by atoms with van der Waals surface area (Å²) in [5.41, 5.74) is -13.1. The second-order valence-corrected chi connectivity index (χ2v) is 12.5. The van der Waals surface area contributed by atoms with Crippen LogP contribution >= 0.6 is 0 Å². The van der Waals surface area contributed by atoms with E-state index in [-0.39, 0.29) is 5.69 Å². The molecule has 25 heteroatoms. The van der Waals surface area contributed by atoms with Gasteiger partial charge in [-0.1, -0.05) is 30.3 Å². The maximum atomic E-state index is 15.4. The third kappa shape index (κ3) is 7.35. The first kappa shape index (κ1) is 46.5. The molecule has 0 aliphatic heterocycles. The highest BCUT2D eigenvalue weighted by atomic mass is 19.2. The van der Waals surface area contributed by atoms with E-state index in [0.29, 0.717) is 6.54 Å². The molecule has 0 unspecified atom stereocenters. The summed E-state index contributed by atoms with van der Waals surface area (Å²) >= 11 is 0. The summed E-state index contributed by atoms with van der Waals surface area (Å²) in [5.74, 6) is -72.0. The molecule has 0 atom stereocenters. The minimum absolute atomic E-state index is 0.158. The Morgan fingerprint density at radius 3 is 0.984 bits per heavy atom. The SMILES string of the molecule is Fc1c(F)c(F)c([B-](c2c(F)c(F)c(F)c(F)c2F)(c2c(F)c(F)c(F)c(F)c2F)c2c(F)c(F)c(F)c(F)c2F)c(F)c1F.O=C(CF)c1c[n+](Cc2ccccc2)ccn1. The lowest BCUT2D eigenvalue weighted by molar-refractivity contribution is -0.689. The Morgan fingerprint density at radius 1 is 0.435 bits per heavy atom. The number of hydrogen-bond donors (Lipinski definition) is 0. The van der Waals surface area contributed by atoms with Gasteiger partial charge in [-0.15, -0.1) is 21.9 Å². The molecule has 1 heterocycles. The Hall–Kier alpha value is -6.56. The summed E-state index contributed by atoms with van der Waals surface area (Å²) in [7, 11) is 0. The molecule has 0 radical (unpaired) electrons. The molecule has 0 aliphatic carbocycles. The van der Waals surface area contributed by atoms with E-state index in [1.165, 1.54) is 6.20 Å². The van der Waals surface area contributed by atoms with Crippen LogP contribution in [0.1, 0.15) is 16.1 Å². The van der Waals surface area contributed by atoms with Gasteiger partial charge < -0.3 is 0 Å². The van der Waals surface area contributed by atoms with E-state index in [9.17, 15) is 61.9 Å². The van der Waals surface area contributed by atoms with Crippen LogP contribution in [0.4, 0.5) is 92.2 Å². The number of rotatable bonds is 8. The second-order valence-electron chi connectivity index (χ2n) is 12.5. The molecule has 0 saturated carbocycles. The zero-order valence-corrected chi connectivity index (χ0v) is 29.4. The second kappa shape index (κ2) is 17.4. The number of carbonyl (C=O) groups excluding carboxylic acids is 1. The summed E-state index contributed by atoms with van der Waals surface area (Å²) < 4.78 is 308. The van der Waals surface area contributed by atoms with Crippen molar-refractivity contribution in [3.63, 3.8) is 0 Å². The van der Waals surface area contributed by atoms with E-state index in [1.54, 1.807) is 12.4 Å². The molecular formula is C37H12BF21N2O. The van der Waals surface area contributed by atoms with Gasteiger partial charge in [-0.25, -0.2) is 97.2 Å². The van der Waals surface area contributed by atoms with Crippen LogP contribution in [-0.2, 0) is 6.54 Å². The highest BCUT2D eigenvalue weighted by molar-refractivity contribution is 7.20. The number of carbonyl (C=O) groups is 1. The largest absolute Gasteiger partial charge is 0.289 e. The molecule has 6 aromatic rings. The number of halogens is 21. The Bertz CT molecular complexity index is 2410. The summed E-state index contributed by atoms with van der Waals surface area (Å²) in [6.07, 6.45) is -2.39. The number of Topliss-reactive ketones (excluding diaryl/α,β-unsaturated/α-hetero) is 1. The average Bonchev–Trinajstić information content (AvgIpc) is 3.26. The van der Waals surface area contributed by atoms with E-state index in [4.69, 9.17) is 0 Å². The highest BCUT2D eigenvalue weighted by Crippen LogP contribution is 2.30. The van der Waals surface area contributed by atoms with Gasteiger partial charge in [0.05, 0.1) is 6.20 Å². The number of hydrogen-bond acceptors (Lipinski definition) is 2. The first-order valence-corrected chi connectivity index (χ1v) is 16.2. The topological polar surface area (TPSA) is 33.8 Å². The molecule has 0 aliphatic rings. The molecule has 3 nitrogen and oxygen atoms in total. The maximum Gasteiger partial charge on any atom is 0.218 e. The van der Waals surface area contributed by atoms with E-state index in [0.717, 1.165) is 5.56 Å². The summed E-state index contributed by atoms with van der Waals surface area (Å²) in [6.45, 7) is -0.377. The minimum Gasteiger partial charge on any atom is -0.289 e. The maximum absolute atomic E-state index is 15.4. The van der Waals surface area contributed by atoms with Crippen molar-refractivity contribution in [3.8, 4) is 0 Å². The van der Waals surface area contributed by atoms with Gasteiger partial charge in [0.1, 0.15) is 52.7 Å². The molecule has 0 N–H and O–H groups in total. The van der Waals surface area contributed by atoms with Crippen molar-refractivity contribution in [2.24, 2.45) is 0 Å². The molecule has 0 spiro atoms. The number of ketones is 1. The monoisotopic (exact) mass is 910 g/mol. The van der Waals surface area contributed by atoms with Gasteiger partial charge in [0.15, 0.2) is 101 Å². The first-order chi connectivity index (χ1) is 29.0. The fourth-order valence-electron chi connectivity index (χ4n) is 6.41. The van der Waals surface area contributed by atoms with Crippen molar-refractivity contribution < 1.29 is 102 Å². The Labute approximate surface area is 330 Å². The van der Waals surface area contributed by atoms with Gasteiger partial charge in [0.2, 0.25) is 5.78 Å². The quantitative estimate of drug-likeness (QED) is 0.0399. The zero-order chi connectivity index (χ0) is 46.4. The Balaban J connectivity index is 0.000000355. The van der Waals surface area contributed by atoms with Crippen LogP contribution in [0.3, 0.4) is 0 Å². The van der Waals surface area contributed by atoms with Gasteiger partial charge in [-0.05, 0) is 0 Å². The number of nitrogens with zero attached hydrogens (tertiary/aromatic N) is 2. The third-order valence-electron chi connectivity index (χ3n) is 9.08. The van der Waals surface area contributed by atoms with Crippen LogP contribution in [0.5, 0.6) is 0 Å². The molecule has 5 aromatic carbocycles. The zero-order valence-electron chi connectivity index (χ0n) is 29.4. The Morgan fingerprint density at radius 2 is 0.710 bits per heavy atom. The van der Waals surface area contributed by atoms with Gasteiger partial charge in [-0.3, -0.25) is 4.79 Å². The summed E-state index contributed by atoms with van der Waals surface area (Å²) in [4.78, 5) is 15.0. The van der Waals surface area contributed by atoms with Crippen LogP contribution in [0.2, 0.25) is 0 Å². The van der Waals surface area contributed by atoms with Crippen LogP contribution < -0.4 is 26.4 Å². The summed E-state index contributed by atoms with van der Waals surface area (Å²) in [6, 6.07) is 9.82. The molecule has 0 saturated heterocycles. The van der Waals surface area contributed by atoms with Crippen LogP contribution in [-0.4, -0.2) is 23.6 Å². The first-order valence-electron chi connectivity index (χ1n) is 16.2. The Kier molecular flexibility index (Phi) is 13.1. The van der Waals surface area contributed by atoms with Crippen molar-refractivity contribution in [3.05, 3.63) is 177 Å². The lowest BCUT2D eigenvalue weighted by atomic mass is 9.12. The molecule has 62 heavy (non-hydrogen) atoms. The smallest absolute Gasteiger partial charge is 0.218 e. The van der Waals surface area contributed by atoms with Crippen molar-refractivity contribution in [2.75, 3.05) is 6.67 Å². The molecule has 0 amide bonds. The van der Waals surface area contributed by atoms with E-state index in [2.05, 4.69) is 4.98 Å². The van der Waals surface area contributed by atoms with Crippen LogP contribution in [0.15, 0.2) is 48.9 Å². The van der Waals surface area contributed by atoms with Crippen molar-refractivity contribution in [2.45, 2.75) is 6.54 Å². The van der Waals surface area contributed by atoms with Gasteiger partial charge >= 0.3 is 0 Å². The van der Waals surface area contributed by atoms with Gasteiger partial charge in [-0.2, -0.15) is 4.57 Å². The van der Waals surface area contributed by atoms with Gasteiger partial charge in [0, 0.05) is 5.56 Å². The van der Waals surface area contributed by atoms with Crippen LogP contribution in [0, 0.1) is 116 Å². The van der Waals surface area contributed by atoms with Gasteiger partial charge in [0.25, 0.3) is 0 Å².